The number of hydrogen-bond acceptors (Lipinski definition) is 2. The average molecular weight is 355 g/mol. The molecule has 0 radical (unpaired) electrons. The van der Waals surface area contributed by atoms with Gasteiger partial charge < -0.3 is 9.47 Å². The minimum Gasteiger partial charge on any atom is -0.548 e. The molecule has 0 N–H and O–H groups in total. The Labute approximate surface area is 134 Å². The molecule has 0 aliphatic carbocycles. The summed E-state index contributed by atoms with van der Waals surface area (Å²) in [4.78, 5) is 0. The van der Waals surface area contributed by atoms with E-state index in [4.69, 9.17) is 9.47 Å². The summed E-state index contributed by atoms with van der Waals surface area (Å²) in [6.07, 6.45) is 4.50. The predicted molar refractivity (Wildman–Crippen MR) is 67.7 cm³/mol. The maximum atomic E-state index is 4.89. The van der Waals surface area contributed by atoms with Gasteiger partial charge in [-0.25, -0.2) is 58.7 Å². The molecule has 0 unspecified atom stereocenters. The Morgan fingerprint density at radius 3 is 1.38 bits per heavy atom. The zero-order valence-corrected chi connectivity index (χ0v) is 13.2. The standard InChI is InChI=1S/C4H7O2.3C3H5.Nd/c1-2-6-4-3-5-1;3*1-3-2;/h1H,2-4H2;3*3H,1-2H2;/q4*-1;. The van der Waals surface area contributed by atoms with Crippen molar-refractivity contribution in [1.29, 1.82) is 0 Å². The third-order valence-corrected chi connectivity index (χ3v) is 0.649. The third-order valence-electron chi connectivity index (χ3n) is 0.649. The Morgan fingerprint density at radius 2 is 1.31 bits per heavy atom. The third kappa shape index (κ3) is 65.0. The second-order valence-electron chi connectivity index (χ2n) is 1.98. The first kappa shape index (κ1) is 25.1. The van der Waals surface area contributed by atoms with Crippen LogP contribution in [-0.4, -0.2) is 19.8 Å². The fourth-order valence-corrected chi connectivity index (χ4v) is 0.370. The molecule has 16 heavy (non-hydrogen) atoms. The van der Waals surface area contributed by atoms with Gasteiger partial charge in [-0.3, -0.25) is 0 Å². The Kier molecular flexibility index (Phi) is 56.8. The molecule has 0 bridgehead atoms. The van der Waals surface area contributed by atoms with E-state index in [1.807, 2.05) is 0 Å². The fourth-order valence-electron chi connectivity index (χ4n) is 0.370. The van der Waals surface area contributed by atoms with Gasteiger partial charge in [0.2, 0.25) is 0 Å². The Hall–Kier alpha value is 0.101. The van der Waals surface area contributed by atoms with Crippen molar-refractivity contribution in [3.05, 3.63) is 65.3 Å². The summed E-state index contributed by atoms with van der Waals surface area (Å²) in [7, 11) is 0. The van der Waals surface area contributed by atoms with E-state index in [1.54, 1.807) is 6.61 Å². The van der Waals surface area contributed by atoms with E-state index in [-0.39, 0.29) is 40.8 Å². The maximum absolute atomic E-state index is 4.89. The van der Waals surface area contributed by atoms with E-state index in [0.717, 1.165) is 13.2 Å². The van der Waals surface area contributed by atoms with Crippen LogP contribution < -0.4 is 0 Å². The van der Waals surface area contributed by atoms with Crippen LogP contribution in [-0.2, 0) is 9.47 Å². The van der Waals surface area contributed by atoms with Crippen LogP contribution in [0.3, 0.4) is 0 Å². The Bertz CT molecular complexity index is 95.3. The molecule has 1 fully saturated rings. The predicted octanol–water partition coefficient (Wildman–Crippen LogP) is 3.21. The maximum Gasteiger partial charge on any atom is 0.0636 e. The molecule has 0 saturated carbocycles. The van der Waals surface area contributed by atoms with Gasteiger partial charge >= 0.3 is 0 Å². The first-order valence-electron chi connectivity index (χ1n) is 4.46. The molecule has 0 aromatic rings. The number of ether oxygens (including phenoxy) is 2. The molecular formula is C13H22NdO2-4. The second kappa shape index (κ2) is 36.3. The molecule has 94 valence electrons. The second-order valence-corrected chi connectivity index (χ2v) is 1.98. The van der Waals surface area contributed by atoms with Crippen LogP contribution in [0.5, 0.6) is 0 Å². The van der Waals surface area contributed by atoms with Gasteiger partial charge in [0.15, 0.2) is 0 Å². The van der Waals surface area contributed by atoms with Gasteiger partial charge in [0.1, 0.15) is 0 Å². The smallest absolute Gasteiger partial charge is 0.0636 e. The van der Waals surface area contributed by atoms with E-state index in [1.165, 1.54) is 18.2 Å². The number of rotatable bonds is 0. The van der Waals surface area contributed by atoms with Crippen LogP contribution in [0.4, 0.5) is 0 Å². The van der Waals surface area contributed by atoms with Crippen LogP contribution in [0.25, 0.3) is 0 Å². The van der Waals surface area contributed by atoms with Gasteiger partial charge in [0.25, 0.3) is 0 Å². The molecule has 1 aliphatic heterocycles. The average Bonchev–Trinajstić information content (AvgIpc) is 2.24. The topological polar surface area (TPSA) is 18.5 Å². The monoisotopic (exact) mass is 352 g/mol. The van der Waals surface area contributed by atoms with Crippen LogP contribution in [0, 0.1) is 68.2 Å². The molecule has 3 heteroatoms. The van der Waals surface area contributed by atoms with Crippen molar-refractivity contribution < 1.29 is 50.3 Å². The Morgan fingerprint density at radius 1 is 0.938 bits per heavy atom. The van der Waals surface area contributed by atoms with Gasteiger partial charge in [-0.1, -0.05) is 6.61 Å². The van der Waals surface area contributed by atoms with E-state index < -0.39 is 0 Å². The van der Waals surface area contributed by atoms with Crippen LogP contribution in [0.15, 0.2) is 38.0 Å². The molecule has 1 heterocycles. The molecule has 0 atom stereocenters. The first-order valence-corrected chi connectivity index (χ1v) is 4.46. The van der Waals surface area contributed by atoms with Gasteiger partial charge in [0.05, 0.1) is 6.61 Å². The molecule has 1 rings (SSSR count). The first-order chi connectivity index (χ1) is 7.24. The Balaban J connectivity index is -0.0000000637. The number of allylic oxidation sites excluding steroid dienone is 3. The quantitative estimate of drug-likeness (QED) is 0.622. The molecule has 0 amide bonds. The van der Waals surface area contributed by atoms with E-state index >= 15 is 0 Å². The fraction of sp³-hybridized carbons (Fsp3) is 0.231. The zero-order valence-electron chi connectivity index (χ0n) is 9.99. The molecular weight excluding hydrogens is 332 g/mol. The molecule has 0 aromatic heterocycles. The van der Waals surface area contributed by atoms with Gasteiger partial charge in [-0.2, -0.15) is 6.61 Å². The zero-order chi connectivity index (χ0) is 12.4. The normalized spacial score (nSPS) is 11.2. The van der Waals surface area contributed by atoms with Crippen LogP contribution in [0.2, 0.25) is 0 Å². The summed E-state index contributed by atoms with van der Waals surface area (Å²) in [5, 5.41) is 0. The minimum atomic E-state index is 0. The van der Waals surface area contributed by atoms with E-state index in [2.05, 4.69) is 40.5 Å². The molecule has 0 spiro atoms. The minimum absolute atomic E-state index is 0. The van der Waals surface area contributed by atoms with Gasteiger partial charge in [-0.05, 0) is 0 Å². The van der Waals surface area contributed by atoms with Crippen molar-refractivity contribution in [2.45, 2.75) is 0 Å². The van der Waals surface area contributed by atoms with Gasteiger partial charge in [-0.15, -0.1) is 0 Å². The van der Waals surface area contributed by atoms with Crippen LogP contribution in [0.1, 0.15) is 0 Å². The van der Waals surface area contributed by atoms with Crippen molar-refractivity contribution in [1.82, 2.24) is 0 Å². The van der Waals surface area contributed by atoms with Crippen molar-refractivity contribution >= 4 is 0 Å². The van der Waals surface area contributed by atoms with Crippen molar-refractivity contribution in [3.63, 3.8) is 0 Å². The summed E-state index contributed by atoms with van der Waals surface area (Å²) in [6, 6.07) is 0. The summed E-state index contributed by atoms with van der Waals surface area (Å²) >= 11 is 0. The van der Waals surface area contributed by atoms with Crippen LogP contribution >= 0.6 is 0 Å². The molecule has 1 saturated heterocycles. The van der Waals surface area contributed by atoms with E-state index in [0.29, 0.717) is 6.61 Å². The molecule has 1 aliphatic rings. The van der Waals surface area contributed by atoms with E-state index in [9.17, 15) is 0 Å². The molecule has 2 nitrogen and oxygen atoms in total. The summed E-state index contributed by atoms with van der Waals surface area (Å²) in [5.41, 5.74) is 0. The summed E-state index contributed by atoms with van der Waals surface area (Å²) in [6.45, 7) is 23.3. The largest absolute Gasteiger partial charge is 0.548 e. The van der Waals surface area contributed by atoms with Crippen molar-refractivity contribution in [2.75, 3.05) is 19.8 Å². The van der Waals surface area contributed by atoms with Gasteiger partial charge in [0, 0.05) is 47.4 Å². The SMILES string of the molecule is C=C[CH2-].C=C[CH2-].C=C[CH2-].[CH-]1COCCO1.[Nd]. The molecule has 0 aromatic carbocycles. The summed E-state index contributed by atoms with van der Waals surface area (Å²) in [5.74, 6) is 0. The summed E-state index contributed by atoms with van der Waals surface area (Å²) < 4.78 is 9.71. The number of hydrogen-bond donors (Lipinski definition) is 0. The van der Waals surface area contributed by atoms with Crippen molar-refractivity contribution in [3.8, 4) is 0 Å². The van der Waals surface area contributed by atoms with Crippen molar-refractivity contribution in [2.24, 2.45) is 0 Å².